The molecule has 0 heterocycles. The van der Waals surface area contributed by atoms with Gasteiger partial charge < -0.3 is 20.7 Å². The van der Waals surface area contributed by atoms with E-state index in [9.17, 15) is 10.2 Å². The Labute approximate surface area is 181 Å². The third-order valence-electron chi connectivity index (χ3n) is 6.11. The van der Waals surface area contributed by atoms with E-state index in [4.69, 9.17) is 10.5 Å². The molecule has 0 radical (unpaired) electrons. The molecule has 28 heavy (non-hydrogen) atoms. The summed E-state index contributed by atoms with van der Waals surface area (Å²) in [5, 5.41) is 21.2. The average Bonchev–Trinajstić information content (AvgIpc) is 2.74. The minimum atomic E-state index is -1.12. The fourth-order valence-electron chi connectivity index (χ4n) is 4.12. The maximum absolute atomic E-state index is 9.55. The first-order valence-electron chi connectivity index (χ1n) is 10.4. The lowest BCUT2D eigenvalue weighted by Crippen LogP contribution is -2.44. The molecule has 0 atom stereocenters. The number of benzene rings is 2. The average molecular weight is 497 g/mol. The Bertz CT molecular complexity index is 783. The van der Waals surface area contributed by atoms with Gasteiger partial charge in [0.25, 0.3) is 0 Å². The lowest BCUT2D eigenvalue weighted by molar-refractivity contribution is 0.121. The number of hydrogen-bond acceptors (Lipinski definition) is 4. The van der Waals surface area contributed by atoms with Crippen molar-refractivity contribution in [2.45, 2.75) is 63.5 Å². The summed E-state index contributed by atoms with van der Waals surface area (Å²) in [5.41, 5.74) is 5.73. The van der Waals surface area contributed by atoms with Crippen LogP contribution in [0, 0.1) is 9.49 Å². The second-order valence-corrected chi connectivity index (χ2v) is 9.27. The first-order valence-corrected chi connectivity index (χ1v) is 11.5. The van der Waals surface area contributed by atoms with Gasteiger partial charge in [0.05, 0.1) is 28.4 Å². The van der Waals surface area contributed by atoms with Crippen molar-refractivity contribution in [3.63, 3.8) is 0 Å². The Hall–Kier alpha value is -0.890. The van der Waals surface area contributed by atoms with Crippen LogP contribution < -0.4 is 10.5 Å². The van der Waals surface area contributed by atoms with E-state index in [1.54, 1.807) is 0 Å². The zero-order valence-electron chi connectivity index (χ0n) is 16.7. The summed E-state index contributed by atoms with van der Waals surface area (Å²) in [4.78, 5) is 0. The van der Waals surface area contributed by atoms with Crippen molar-refractivity contribution in [3.05, 3.63) is 39.5 Å². The van der Waals surface area contributed by atoms with E-state index in [0.717, 1.165) is 44.4 Å². The van der Waals surface area contributed by atoms with E-state index in [1.807, 2.05) is 30.3 Å². The number of nitrogens with two attached hydrogens (primary N) is 1. The van der Waals surface area contributed by atoms with Crippen molar-refractivity contribution in [2.75, 3.05) is 13.2 Å². The molecule has 5 heteroatoms. The molecule has 154 valence electrons. The molecule has 1 fully saturated rings. The van der Waals surface area contributed by atoms with Gasteiger partial charge in [0, 0.05) is 0 Å². The van der Waals surface area contributed by atoms with Gasteiger partial charge in [-0.3, -0.25) is 0 Å². The Balaban J connectivity index is 1.73. The van der Waals surface area contributed by atoms with Gasteiger partial charge in [0.2, 0.25) is 0 Å². The van der Waals surface area contributed by atoms with E-state index < -0.39 is 5.54 Å². The number of halogens is 1. The minimum absolute atomic E-state index is 0.297. The van der Waals surface area contributed by atoms with Crippen molar-refractivity contribution in [1.29, 1.82) is 0 Å². The zero-order chi connectivity index (χ0) is 20.1. The van der Waals surface area contributed by atoms with Crippen LogP contribution >= 0.6 is 22.6 Å². The highest BCUT2D eigenvalue weighted by Gasteiger charge is 2.26. The van der Waals surface area contributed by atoms with Crippen LogP contribution in [0.15, 0.2) is 30.3 Å². The van der Waals surface area contributed by atoms with Gasteiger partial charge >= 0.3 is 0 Å². The molecule has 0 aromatic heterocycles. The monoisotopic (exact) mass is 497 g/mol. The smallest absolute Gasteiger partial charge is 0.133 e. The predicted octanol–water partition coefficient (Wildman–Crippen LogP) is 4.71. The number of rotatable bonds is 8. The van der Waals surface area contributed by atoms with Crippen LogP contribution in [0.5, 0.6) is 5.75 Å². The first-order chi connectivity index (χ1) is 13.5. The van der Waals surface area contributed by atoms with Crippen LogP contribution in [0.3, 0.4) is 0 Å². The molecule has 1 aliphatic rings. The van der Waals surface area contributed by atoms with Crippen molar-refractivity contribution in [1.82, 2.24) is 0 Å². The fourth-order valence-corrected chi connectivity index (χ4v) is 4.91. The zero-order valence-corrected chi connectivity index (χ0v) is 18.8. The molecule has 0 amide bonds. The van der Waals surface area contributed by atoms with Gasteiger partial charge in [0.15, 0.2) is 0 Å². The lowest BCUT2D eigenvalue weighted by Gasteiger charge is -2.29. The normalized spacial score (nSPS) is 20.5. The first kappa shape index (κ1) is 21.8. The molecule has 4 N–H and O–H groups in total. The Morgan fingerprint density at radius 2 is 1.82 bits per heavy atom. The SMILES string of the molecule is CCCCC1CCC(Oc2ccc3cc(C(N)(CO)CO)ccc3c2I)CC1. The molecule has 0 bridgehead atoms. The van der Waals surface area contributed by atoms with Gasteiger partial charge in [-0.25, -0.2) is 0 Å². The Morgan fingerprint density at radius 1 is 1.11 bits per heavy atom. The van der Waals surface area contributed by atoms with Crippen molar-refractivity contribution in [3.8, 4) is 5.75 Å². The second kappa shape index (κ2) is 9.74. The van der Waals surface area contributed by atoms with E-state index in [1.165, 1.54) is 32.1 Å². The van der Waals surface area contributed by atoms with Gasteiger partial charge in [-0.1, -0.05) is 44.4 Å². The predicted molar refractivity (Wildman–Crippen MR) is 123 cm³/mol. The molecule has 0 unspecified atom stereocenters. The third-order valence-corrected chi connectivity index (χ3v) is 7.22. The van der Waals surface area contributed by atoms with Gasteiger partial charge in [0.1, 0.15) is 5.75 Å². The Kier molecular flexibility index (Phi) is 7.59. The number of unbranched alkanes of at least 4 members (excludes halogenated alkanes) is 1. The highest BCUT2D eigenvalue weighted by Crippen LogP contribution is 2.35. The lowest BCUT2D eigenvalue weighted by atomic mass is 9.84. The topological polar surface area (TPSA) is 75.7 Å². The minimum Gasteiger partial charge on any atom is -0.489 e. The number of hydrogen-bond donors (Lipinski definition) is 3. The molecular formula is C23H32INO3. The summed E-state index contributed by atoms with van der Waals surface area (Å²) >= 11 is 2.35. The van der Waals surface area contributed by atoms with E-state index in [-0.39, 0.29) is 13.2 Å². The largest absolute Gasteiger partial charge is 0.489 e. The van der Waals surface area contributed by atoms with E-state index >= 15 is 0 Å². The standard InChI is InChI=1S/C23H32INO3/c1-2-3-4-16-5-9-19(10-6-16)28-21-12-7-17-13-18(23(25,14-26)15-27)8-11-20(17)22(21)24/h7-8,11-13,16,19,26-27H,2-6,9-10,14-15,25H2,1H3. The second-order valence-electron chi connectivity index (χ2n) is 8.19. The van der Waals surface area contributed by atoms with Gasteiger partial charge in [-0.2, -0.15) is 0 Å². The summed E-state index contributed by atoms with van der Waals surface area (Å²) < 4.78 is 7.48. The molecule has 2 aromatic carbocycles. The Morgan fingerprint density at radius 3 is 2.46 bits per heavy atom. The molecule has 3 rings (SSSR count). The van der Waals surface area contributed by atoms with Crippen LogP contribution in [-0.4, -0.2) is 29.5 Å². The van der Waals surface area contributed by atoms with E-state index in [0.29, 0.717) is 6.10 Å². The number of fused-ring (bicyclic) bond motifs is 1. The number of aliphatic hydroxyl groups excluding tert-OH is 2. The van der Waals surface area contributed by atoms with Crippen molar-refractivity contribution < 1.29 is 14.9 Å². The van der Waals surface area contributed by atoms with Crippen LogP contribution in [0.1, 0.15) is 57.4 Å². The summed E-state index contributed by atoms with van der Waals surface area (Å²) in [6, 6.07) is 9.92. The molecule has 1 aliphatic carbocycles. The van der Waals surface area contributed by atoms with Crippen LogP contribution in [0.4, 0.5) is 0 Å². The quantitative estimate of drug-likeness (QED) is 0.462. The molecular weight excluding hydrogens is 465 g/mol. The summed E-state index contributed by atoms with van der Waals surface area (Å²) in [5.74, 6) is 1.82. The maximum Gasteiger partial charge on any atom is 0.133 e. The summed E-state index contributed by atoms with van der Waals surface area (Å²) in [6.45, 7) is 1.67. The molecule has 1 saturated carbocycles. The van der Waals surface area contributed by atoms with Gasteiger partial charge in [-0.05, 0) is 82.7 Å². The number of aliphatic hydroxyl groups is 2. The highest BCUT2D eigenvalue weighted by atomic mass is 127. The molecule has 0 aliphatic heterocycles. The van der Waals surface area contributed by atoms with Crippen LogP contribution in [0.25, 0.3) is 10.8 Å². The fraction of sp³-hybridized carbons (Fsp3) is 0.565. The third kappa shape index (κ3) is 4.81. The number of ether oxygens (including phenoxy) is 1. The van der Waals surface area contributed by atoms with Crippen molar-refractivity contribution in [2.24, 2.45) is 11.7 Å². The summed E-state index contributed by atoms with van der Waals surface area (Å²) in [6.07, 6.45) is 9.14. The molecule has 0 spiro atoms. The van der Waals surface area contributed by atoms with E-state index in [2.05, 4.69) is 29.5 Å². The van der Waals surface area contributed by atoms with Gasteiger partial charge in [-0.15, -0.1) is 0 Å². The molecule has 4 nitrogen and oxygen atoms in total. The molecule has 2 aromatic rings. The highest BCUT2D eigenvalue weighted by molar-refractivity contribution is 14.1. The maximum atomic E-state index is 9.55. The molecule has 0 saturated heterocycles. The van der Waals surface area contributed by atoms with Crippen molar-refractivity contribution >= 4 is 33.4 Å². The summed E-state index contributed by atoms with van der Waals surface area (Å²) in [7, 11) is 0. The van der Waals surface area contributed by atoms with Crippen LogP contribution in [0.2, 0.25) is 0 Å². The van der Waals surface area contributed by atoms with Crippen LogP contribution in [-0.2, 0) is 5.54 Å².